The van der Waals surface area contributed by atoms with Crippen LogP contribution in [0.1, 0.15) is 38.3 Å². The Morgan fingerprint density at radius 1 is 1.00 bits per heavy atom. The van der Waals surface area contributed by atoms with Crippen LogP contribution >= 0.6 is 0 Å². The van der Waals surface area contributed by atoms with Crippen molar-refractivity contribution in [3.8, 4) is 17.2 Å². The van der Waals surface area contributed by atoms with E-state index in [1.807, 2.05) is 12.1 Å². The number of methoxy groups -OCH3 is 3. The van der Waals surface area contributed by atoms with Gasteiger partial charge < -0.3 is 14.2 Å². The van der Waals surface area contributed by atoms with E-state index in [1.165, 1.54) is 0 Å². The Bertz CT molecular complexity index is 397. The number of hydrazine groups is 1. The van der Waals surface area contributed by atoms with E-state index in [0.717, 1.165) is 18.4 Å². The van der Waals surface area contributed by atoms with Gasteiger partial charge in [0, 0.05) is 6.04 Å². The molecule has 0 spiro atoms. The first-order valence-electron chi connectivity index (χ1n) is 6.83. The summed E-state index contributed by atoms with van der Waals surface area (Å²) < 4.78 is 16.1. The van der Waals surface area contributed by atoms with Crippen molar-refractivity contribution in [2.24, 2.45) is 11.8 Å². The van der Waals surface area contributed by atoms with Crippen LogP contribution < -0.4 is 25.5 Å². The molecule has 0 radical (unpaired) electrons. The van der Waals surface area contributed by atoms with Crippen molar-refractivity contribution >= 4 is 0 Å². The largest absolute Gasteiger partial charge is 0.493 e. The van der Waals surface area contributed by atoms with Crippen molar-refractivity contribution in [1.29, 1.82) is 0 Å². The van der Waals surface area contributed by atoms with Crippen molar-refractivity contribution in [1.82, 2.24) is 5.43 Å². The van der Waals surface area contributed by atoms with Gasteiger partial charge in [-0.3, -0.25) is 11.3 Å². The average Bonchev–Trinajstić information content (AvgIpc) is 2.46. The lowest BCUT2D eigenvalue weighted by Gasteiger charge is -2.20. The fraction of sp³-hybridized carbons (Fsp3) is 0.600. The van der Waals surface area contributed by atoms with E-state index in [2.05, 4.69) is 19.3 Å². The normalized spacial score (nSPS) is 12.3. The summed E-state index contributed by atoms with van der Waals surface area (Å²) in [5, 5.41) is 0. The maximum atomic E-state index is 5.68. The number of rotatable bonds is 8. The van der Waals surface area contributed by atoms with Crippen LogP contribution in [-0.4, -0.2) is 21.3 Å². The highest BCUT2D eigenvalue weighted by Gasteiger charge is 2.18. The van der Waals surface area contributed by atoms with Crippen molar-refractivity contribution in [2.75, 3.05) is 21.3 Å². The summed E-state index contributed by atoms with van der Waals surface area (Å²) in [4.78, 5) is 0. The van der Waals surface area contributed by atoms with Gasteiger partial charge in [0.25, 0.3) is 0 Å². The third kappa shape index (κ3) is 4.02. The molecule has 5 heteroatoms. The molecule has 0 aliphatic carbocycles. The van der Waals surface area contributed by atoms with E-state index in [1.54, 1.807) is 21.3 Å². The predicted octanol–water partition coefficient (Wildman–Crippen LogP) is 2.65. The van der Waals surface area contributed by atoms with E-state index < -0.39 is 0 Å². The summed E-state index contributed by atoms with van der Waals surface area (Å²) in [5.74, 6) is 8.20. The molecule has 0 aromatic heterocycles. The summed E-state index contributed by atoms with van der Waals surface area (Å²) in [6.45, 7) is 4.39. The van der Waals surface area contributed by atoms with Crippen LogP contribution in [0.5, 0.6) is 17.2 Å². The monoisotopic (exact) mass is 282 g/mol. The van der Waals surface area contributed by atoms with Crippen molar-refractivity contribution in [3.63, 3.8) is 0 Å². The third-order valence-corrected chi connectivity index (χ3v) is 3.32. The minimum atomic E-state index is 0.0612. The fourth-order valence-electron chi connectivity index (χ4n) is 2.15. The molecule has 5 nitrogen and oxygen atoms in total. The fourth-order valence-corrected chi connectivity index (χ4v) is 2.15. The maximum absolute atomic E-state index is 5.68. The second kappa shape index (κ2) is 7.97. The number of hydrogen-bond acceptors (Lipinski definition) is 5. The Kier molecular flexibility index (Phi) is 6.61. The van der Waals surface area contributed by atoms with Gasteiger partial charge in [0.05, 0.1) is 21.3 Å². The van der Waals surface area contributed by atoms with Gasteiger partial charge in [-0.1, -0.05) is 13.8 Å². The summed E-state index contributed by atoms with van der Waals surface area (Å²) in [7, 11) is 4.82. The number of hydrogen-bond donors (Lipinski definition) is 2. The molecule has 1 rings (SSSR count). The molecule has 0 saturated carbocycles. The van der Waals surface area contributed by atoms with E-state index >= 15 is 0 Å². The number of benzene rings is 1. The molecule has 0 aliphatic rings. The second-order valence-electron chi connectivity index (χ2n) is 5.15. The quantitative estimate of drug-likeness (QED) is 0.567. The smallest absolute Gasteiger partial charge is 0.203 e. The second-order valence-corrected chi connectivity index (χ2v) is 5.15. The minimum Gasteiger partial charge on any atom is -0.493 e. The Balaban J connectivity index is 3.09. The van der Waals surface area contributed by atoms with Crippen LogP contribution in [0.3, 0.4) is 0 Å². The lowest BCUT2D eigenvalue weighted by atomic mass is 9.97. The van der Waals surface area contributed by atoms with Gasteiger partial charge in [-0.05, 0) is 36.5 Å². The molecule has 1 unspecified atom stereocenters. The van der Waals surface area contributed by atoms with Crippen LogP contribution in [0, 0.1) is 5.92 Å². The first kappa shape index (κ1) is 16.6. The lowest BCUT2D eigenvalue weighted by Crippen LogP contribution is -2.28. The molecule has 0 saturated heterocycles. The Morgan fingerprint density at radius 3 is 1.90 bits per heavy atom. The van der Waals surface area contributed by atoms with E-state index in [0.29, 0.717) is 23.2 Å². The SMILES string of the molecule is COc1cc(C(CCC(C)C)NN)cc(OC)c1OC. The van der Waals surface area contributed by atoms with Gasteiger partial charge in [-0.25, -0.2) is 0 Å². The van der Waals surface area contributed by atoms with Gasteiger partial charge >= 0.3 is 0 Å². The Morgan fingerprint density at radius 2 is 1.55 bits per heavy atom. The third-order valence-electron chi connectivity index (χ3n) is 3.32. The predicted molar refractivity (Wildman–Crippen MR) is 80.2 cm³/mol. The zero-order valence-corrected chi connectivity index (χ0v) is 13.0. The summed E-state index contributed by atoms with van der Waals surface area (Å²) in [6, 6.07) is 3.93. The van der Waals surface area contributed by atoms with Crippen molar-refractivity contribution in [3.05, 3.63) is 17.7 Å². The number of ether oxygens (including phenoxy) is 3. The van der Waals surface area contributed by atoms with Crippen molar-refractivity contribution < 1.29 is 14.2 Å². The topological polar surface area (TPSA) is 65.7 Å². The summed E-state index contributed by atoms with van der Waals surface area (Å²) >= 11 is 0. The first-order valence-corrected chi connectivity index (χ1v) is 6.83. The summed E-state index contributed by atoms with van der Waals surface area (Å²) in [6.07, 6.45) is 2.04. The number of nitrogens with one attached hydrogen (secondary N) is 1. The zero-order valence-electron chi connectivity index (χ0n) is 13.0. The van der Waals surface area contributed by atoms with Crippen molar-refractivity contribution in [2.45, 2.75) is 32.7 Å². The molecule has 1 aromatic rings. The van der Waals surface area contributed by atoms with Crippen LogP contribution in [-0.2, 0) is 0 Å². The molecular formula is C15H26N2O3. The Hall–Kier alpha value is -1.46. The molecule has 3 N–H and O–H groups in total. The van der Waals surface area contributed by atoms with Gasteiger partial charge in [0.15, 0.2) is 11.5 Å². The summed E-state index contributed by atoms with van der Waals surface area (Å²) in [5.41, 5.74) is 3.89. The molecule has 114 valence electrons. The van der Waals surface area contributed by atoms with Crippen LogP contribution in [0.2, 0.25) is 0 Å². The van der Waals surface area contributed by atoms with Crippen LogP contribution in [0.4, 0.5) is 0 Å². The standard InChI is InChI=1S/C15H26N2O3/c1-10(2)6-7-12(17-16)11-8-13(18-3)15(20-5)14(9-11)19-4/h8-10,12,17H,6-7,16H2,1-5H3. The van der Waals surface area contributed by atoms with E-state index in [9.17, 15) is 0 Å². The van der Waals surface area contributed by atoms with Gasteiger partial charge in [0.2, 0.25) is 5.75 Å². The molecule has 0 amide bonds. The maximum Gasteiger partial charge on any atom is 0.203 e. The van der Waals surface area contributed by atoms with Gasteiger partial charge in [-0.2, -0.15) is 0 Å². The molecule has 1 aromatic carbocycles. The average molecular weight is 282 g/mol. The first-order chi connectivity index (χ1) is 9.57. The highest BCUT2D eigenvalue weighted by Crippen LogP contribution is 2.40. The van der Waals surface area contributed by atoms with E-state index in [4.69, 9.17) is 20.1 Å². The zero-order chi connectivity index (χ0) is 15.1. The Labute approximate surface area is 121 Å². The van der Waals surface area contributed by atoms with Gasteiger partial charge in [0.1, 0.15) is 0 Å². The van der Waals surface area contributed by atoms with E-state index in [-0.39, 0.29) is 6.04 Å². The van der Waals surface area contributed by atoms with Crippen LogP contribution in [0.15, 0.2) is 12.1 Å². The number of nitrogens with two attached hydrogens (primary N) is 1. The molecule has 0 aliphatic heterocycles. The molecular weight excluding hydrogens is 256 g/mol. The molecule has 1 atom stereocenters. The molecule has 20 heavy (non-hydrogen) atoms. The highest BCUT2D eigenvalue weighted by atomic mass is 16.5. The van der Waals surface area contributed by atoms with Gasteiger partial charge in [-0.15, -0.1) is 0 Å². The molecule has 0 bridgehead atoms. The molecule has 0 heterocycles. The minimum absolute atomic E-state index is 0.0612. The molecule has 0 fully saturated rings. The highest BCUT2D eigenvalue weighted by molar-refractivity contribution is 5.54. The van der Waals surface area contributed by atoms with Crippen LogP contribution in [0.25, 0.3) is 0 Å². The lowest BCUT2D eigenvalue weighted by molar-refractivity contribution is 0.322.